The highest BCUT2D eigenvalue weighted by molar-refractivity contribution is 5.64. The standard InChI is InChI=1S/C5H11NO2.H3N/c1-2-3-4-8-5(6)7;/h2-4H2,1H3,(H2,6,7);1H3. The molecule has 0 spiro atoms. The second kappa shape index (κ2) is 7.23. The van der Waals surface area contributed by atoms with Gasteiger partial charge in [-0.25, -0.2) is 4.79 Å². The number of amides is 1. The summed E-state index contributed by atoms with van der Waals surface area (Å²) in [7, 11) is 0. The Labute approximate surface area is 54.9 Å². The molecule has 0 saturated heterocycles. The number of rotatable bonds is 3. The van der Waals surface area contributed by atoms with Gasteiger partial charge in [0, 0.05) is 0 Å². The van der Waals surface area contributed by atoms with Gasteiger partial charge in [-0.15, -0.1) is 0 Å². The van der Waals surface area contributed by atoms with Gasteiger partial charge in [-0.05, 0) is 6.42 Å². The SMILES string of the molecule is CCCCOC(N)=O.N. The van der Waals surface area contributed by atoms with E-state index in [2.05, 4.69) is 10.5 Å². The molecule has 0 atom stereocenters. The minimum Gasteiger partial charge on any atom is -0.450 e. The number of hydrogen-bond donors (Lipinski definition) is 2. The number of carbonyl (C=O) groups is 1. The molecule has 1 amide bonds. The van der Waals surface area contributed by atoms with Crippen molar-refractivity contribution in [3.05, 3.63) is 0 Å². The first-order valence-electron chi connectivity index (χ1n) is 2.69. The van der Waals surface area contributed by atoms with E-state index < -0.39 is 6.09 Å². The van der Waals surface area contributed by atoms with Gasteiger partial charge in [0.25, 0.3) is 0 Å². The first-order valence-corrected chi connectivity index (χ1v) is 2.69. The van der Waals surface area contributed by atoms with Gasteiger partial charge in [-0.1, -0.05) is 13.3 Å². The van der Waals surface area contributed by atoms with E-state index in [4.69, 9.17) is 0 Å². The Morgan fingerprint density at radius 2 is 2.22 bits per heavy atom. The van der Waals surface area contributed by atoms with Crippen LogP contribution < -0.4 is 11.9 Å². The van der Waals surface area contributed by atoms with E-state index in [1.807, 2.05) is 6.92 Å². The lowest BCUT2D eigenvalue weighted by molar-refractivity contribution is 0.155. The molecule has 9 heavy (non-hydrogen) atoms. The van der Waals surface area contributed by atoms with Crippen LogP contribution in [0.25, 0.3) is 0 Å². The zero-order chi connectivity index (χ0) is 6.41. The fourth-order valence-corrected chi connectivity index (χ4v) is 0.317. The number of primary amides is 1. The molecule has 56 valence electrons. The van der Waals surface area contributed by atoms with E-state index in [9.17, 15) is 4.79 Å². The summed E-state index contributed by atoms with van der Waals surface area (Å²) in [5.41, 5.74) is 4.67. The first-order chi connectivity index (χ1) is 3.77. The van der Waals surface area contributed by atoms with Crippen molar-refractivity contribution in [1.82, 2.24) is 6.15 Å². The van der Waals surface area contributed by atoms with E-state index in [0.29, 0.717) is 6.61 Å². The van der Waals surface area contributed by atoms with Crippen LogP contribution in [-0.4, -0.2) is 12.7 Å². The van der Waals surface area contributed by atoms with Crippen LogP contribution in [0, 0.1) is 0 Å². The van der Waals surface area contributed by atoms with Crippen molar-refractivity contribution in [2.75, 3.05) is 6.61 Å². The molecule has 0 aliphatic rings. The van der Waals surface area contributed by atoms with Crippen LogP contribution in [0.4, 0.5) is 4.79 Å². The van der Waals surface area contributed by atoms with Crippen molar-refractivity contribution < 1.29 is 9.53 Å². The first kappa shape index (κ1) is 11.1. The number of ether oxygens (including phenoxy) is 1. The Balaban J connectivity index is 0. The molecule has 0 aliphatic heterocycles. The van der Waals surface area contributed by atoms with Crippen molar-refractivity contribution in [2.24, 2.45) is 5.73 Å². The summed E-state index contributed by atoms with van der Waals surface area (Å²) in [6.45, 7) is 2.47. The Hall–Kier alpha value is -0.770. The maximum Gasteiger partial charge on any atom is 0.404 e. The molecule has 0 rings (SSSR count). The minimum atomic E-state index is -0.682. The van der Waals surface area contributed by atoms with Gasteiger partial charge in [0.05, 0.1) is 6.61 Å². The predicted molar refractivity (Wildman–Crippen MR) is 35.5 cm³/mol. The third kappa shape index (κ3) is 11.1. The molecule has 4 heteroatoms. The topological polar surface area (TPSA) is 87.3 Å². The number of unbranched alkanes of at least 4 members (excludes halogenated alkanes) is 1. The van der Waals surface area contributed by atoms with Gasteiger partial charge in [-0.3, -0.25) is 0 Å². The monoisotopic (exact) mass is 134 g/mol. The third-order valence-electron chi connectivity index (χ3n) is 0.742. The van der Waals surface area contributed by atoms with Gasteiger partial charge in [0.2, 0.25) is 0 Å². The molecular formula is C5H14N2O2. The maximum absolute atomic E-state index is 9.87. The normalized spacial score (nSPS) is 7.67. The van der Waals surface area contributed by atoms with E-state index >= 15 is 0 Å². The van der Waals surface area contributed by atoms with Crippen LogP contribution >= 0.6 is 0 Å². The second-order valence-corrected chi connectivity index (χ2v) is 1.52. The zero-order valence-electron chi connectivity index (χ0n) is 5.72. The fourth-order valence-electron chi connectivity index (χ4n) is 0.317. The summed E-state index contributed by atoms with van der Waals surface area (Å²) < 4.78 is 4.42. The summed E-state index contributed by atoms with van der Waals surface area (Å²) in [4.78, 5) is 9.87. The van der Waals surface area contributed by atoms with Crippen LogP contribution in [0.3, 0.4) is 0 Å². The Bertz CT molecular complexity index is 75.4. The van der Waals surface area contributed by atoms with Crippen molar-refractivity contribution in [3.8, 4) is 0 Å². The summed E-state index contributed by atoms with van der Waals surface area (Å²) in [6, 6.07) is 0. The van der Waals surface area contributed by atoms with Gasteiger partial charge in [0.1, 0.15) is 0 Å². The number of hydrogen-bond acceptors (Lipinski definition) is 3. The molecule has 0 bridgehead atoms. The van der Waals surface area contributed by atoms with E-state index in [-0.39, 0.29) is 6.15 Å². The molecule has 0 fully saturated rings. The summed E-state index contributed by atoms with van der Waals surface area (Å²) >= 11 is 0. The Morgan fingerprint density at radius 3 is 2.56 bits per heavy atom. The maximum atomic E-state index is 9.87. The molecule has 0 unspecified atom stereocenters. The fraction of sp³-hybridized carbons (Fsp3) is 0.800. The molecule has 0 aromatic heterocycles. The smallest absolute Gasteiger partial charge is 0.404 e. The highest BCUT2D eigenvalue weighted by atomic mass is 16.5. The van der Waals surface area contributed by atoms with Crippen LogP contribution in [-0.2, 0) is 4.74 Å². The molecule has 0 saturated carbocycles. The van der Waals surface area contributed by atoms with Gasteiger partial charge >= 0.3 is 6.09 Å². The van der Waals surface area contributed by atoms with Crippen molar-refractivity contribution in [3.63, 3.8) is 0 Å². The van der Waals surface area contributed by atoms with Crippen molar-refractivity contribution in [1.29, 1.82) is 0 Å². The molecule has 0 aliphatic carbocycles. The Kier molecular flexibility index (Phi) is 8.90. The molecular weight excluding hydrogens is 120 g/mol. The van der Waals surface area contributed by atoms with Crippen LogP contribution in [0.15, 0.2) is 0 Å². The van der Waals surface area contributed by atoms with E-state index in [1.54, 1.807) is 0 Å². The molecule has 0 aromatic carbocycles. The average Bonchev–Trinajstić information content (AvgIpc) is 1.66. The number of carbonyl (C=O) groups excluding carboxylic acids is 1. The largest absolute Gasteiger partial charge is 0.450 e. The molecule has 0 heterocycles. The molecule has 5 N–H and O–H groups in total. The quantitative estimate of drug-likeness (QED) is 0.565. The van der Waals surface area contributed by atoms with E-state index in [1.165, 1.54) is 0 Å². The van der Waals surface area contributed by atoms with E-state index in [0.717, 1.165) is 12.8 Å². The van der Waals surface area contributed by atoms with Crippen LogP contribution in [0.5, 0.6) is 0 Å². The number of nitrogens with two attached hydrogens (primary N) is 1. The van der Waals surface area contributed by atoms with Crippen molar-refractivity contribution in [2.45, 2.75) is 19.8 Å². The van der Waals surface area contributed by atoms with Gasteiger partial charge in [0.15, 0.2) is 0 Å². The predicted octanol–water partition coefficient (Wildman–Crippen LogP) is 1.04. The van der Waals surface area contributed by atoms with Crippen molar-refractivity contribution >= 4 is 6.09 Å². The lowest BCUT2D eigenvalue weighted by Crippen LogP contribution is -2.13. The highest BCUT2D eigenvalue weighted by Crippen LogP contribution is 1.85. The van der Waals surface area contributed by atoms with Gasteiger partial charge < -0.3 is 16.6 Å². The van der Waals surface area contributed by atoms with Gasteiger partial charge in [-0.2, -0.15) is 0 Å². The summed E-state index contributed by atoms with van der Waals surface area (Å²) in [5, 5.41) is 0. The van der Waals surface area contributed by atoms with Crippen LogP contribution in [0.2, 0.25) is 0 Å². The summed E-state index contributed by atoms with van der Waals surface area (Å²) in [5.74, 6) is 0. The molecule has 0 aromatic rings. The zero-order valence-corrected chi connectivity index (χ0v) is 5.72. The average molecular weight is 134 g/mol. The summed E-state index contributed by atoms with van der Waals surface area (Å²) in [6.07, 6.45) is 1.23. The lowest BCUT2D eigenvalue weighted by Gasteiger charge is -1.95. The third-order valence-corrected chi connectivity index (χ3v) is 0.742. The minimum absolute atomic E-state index is 0. The highest BCUT2D eigenvalue weighted by Gasteiger charge is 1.88. The lowest BCUT2D eigenvalue weighted by atomic mass is 10.4. The van der Waals surface area contributed by atoms with Crippen LogP contribution in [0.1, 0.15) is 19.8 Å². The second-order valence-electron chi connectivity index (χ2n) is 1.52. The molecule has 0 radical (unpaired) electrons. The molecule has 4 nitrogen and oxygen atoms in total. The Morgan fingerprint density at radius 1 is 1.67 bits per heavy atom.